The van der Waals surface area contributed by atoms with Crippen LogP contribution in [0.15, 0.2) is 17.1 Å². The molecule has 148 valence electrons. The summed E-state index contributed by atoms with van der Waals surface area (Å²) in [7, 11) is 0. The lowest BCUT2D eigenvalue weighted by molar-refractivity contribution is -0.185. The number of carbonyl (C=O) groups is 3. The van der Waals surface area contributed by atoms with Crippen LogP contribution in [-0.2, 0) is 33.3 Å². The van der Waals surface area contributed by atoms with E-state index in [9.17, 15) is 19.2 Å². The lowest BCUT2D eigenvalue weighted by Crippen LogP contribution is -2.51. The highest BCUT2D eigenvalue weighted by Gasteiger charge is 2.60. The summed E-state index contributed by atoms with van der Waals surface area (Å²) in [6.07, 6.45) is -1.89. The molecule has 27 heavy (non-hydrogen) atoms. The maximum Gasteiger partial charge on any atom is 0.328 e. The van der Waals surface area contributed by atoms with Crippen LogP contribution < -0.4 is 5.69 Å². The molecule has 4 atom stereocenters. The lowest BCUT2D eigenvalue weighted by atomic mass is 9.95. The van der Waals surface area contributed by atoms with E-state index in [1.165, 1.54) is 40.0 Å². The van der Waals surface area contributed by atoms with Gasteiger partial charge in [0.25, 0.3) is 0 Å². The molecule has 2 heterocycles. The second-order valence-electron chi connectivity index (χ2n) is 6.15. The molecule has 1 fully saturated rings. The highest BCUT2D eigenvalue weighted by atomic mass is 32.1. The van der Waals surface area contributed by atoms with E-state index in [2.05, 4.69) is 4.98 Å². The number of nitrogens with one attached hydrogen (secondary N) is 1. The van der Waals surface area contributed by atoms with Gasteiger partial charge in [-0.2, -0.15) is 0 Å². The zero-order chi connectivity index (χ0) is 20.4. The van der Waals surface area contributed by atoms with E-state index >= 15 is 0 Å². The average molecular weight is 400 g/mol. The number of nitrogens with zero attached hydrogens (tertiary/aromatic N) is 1. The highest BCUT2D eigenvalue weighted by molar-refractivity contribution is 7.71. The molecule has 0 aliphatic carbocycles. The van der Waals surface area contributed by atoms with Crippen LogP contribution in [0.5, 0.6) is 0 Å². The van der Waals surface area contributed by atoms with Crippen LogP contribution in [0.2, 0.25) is 0 Å². The first kappa shape index (κ1) is 20.8. The summed E-state index contributed by atoms with van der Waals surface area (Å²) in [6.45, 7) is 4.76. The number of carbonyl (C=O) groups excluding carboxylic acids is 3. The van der Waals surface area contributed by atoms with Gasteiger partial charge in [-0.05, 0) is 13.0 Å². The van der Waals surface area contributed by atoms with Gasteiger partial charge in [-0.25, -0.2) is 4.79 Å². The van der Waals surface area contributed by atoms with E-state index < -0.39 is 47.6 Å². The minimum atomic E-state index is -1.57. The van der Waals surface area contributed by atoms with Crippen LogP contribution in [0.1, 0.15) is 33.9 Å². The molecule has 1 aromatic rings. The first-order chi connectivity index (χ1) is 12.5. The van der Waals surface area contributed by atoms with Gasteiger partial charge in [0.05, 0.1) is 0 Å². The minimum Gasteiger partial charge on any atom is -0.463 e. The van der Waals surface area contributed by atoms with Crippen LogP contribution in [-0.4, -0.2) is 51.9 Å². The third kappa shape index (κ3) is 4.61. The van der Waals surface area contributed by atoms with Crippen molar-refractivity contribution < 1.29 is 33.3 Å². The molecule has 1 aliphatic heterocycles. The fourth-order valence-corrected chi connectivity index (χ4v) is 3.10. The Balaban J connectivity index is 2.53. The van der Waals surface area contributed by atoms with E-state index in [0.29, 0.717) is 0 Å². The Bertz CT molecular complexity index is 862. The fourth-order valence-electron chi connectivity index (χ4n) is 2.95. The van der Waals surface area contributed by atoms with Gasteiger partial charge >= 0.3 is 23.6 Å². The smallest absolute Gasteiger partial charge is 0.328 e. The Hall–Kier alpha value is -2.53. The minimum absolute atomic E-state index is 0.205. The second kappa shape index (κ2) is 8.01. The third-order valence-electron chi connectivity index (χ3n) is 3.91. The number of H-pyrrole nitrogens is 1. The Labute approximate surface area is 159 Å². The Morgan fingerprint density at radius 1 is 1.26 bits per heavy atom. The largest absolute Gasteiger partial charge is 0.463 e. The molecule has 2 rings (SSSR count). The quantitative estimate of drug-likeness (QED) is 0.430. The van der Waals surface area contributed by atoms with Gasteiger partial charge in [0.2, 0.25) is 0 Å². The average Bonchev–Trinajstić information content (AvgIpc) is 2.77. The molecule has 0 aromatic carbocycles. The van der Waals surface area contributed by atoms with Crippen LogP contribution >= 0.6 is 12.2 Å². The summed E-state index contributed by atoms with van der Waals surface area (Å²) in [5.74, 6) is -1.90. The zero-order valence-electron chi connectivity index (χ0n) is 15.2. The Morgan fingerprint density at radius 2 is 1.93 bits per heavy atom. The number of ether oxygens (including phenoxy) is 4. The second-order valence-corrected chi connectivity index (χ2v) is 6.59. The lowest BCUT2D eigenvalue weighted by Gasteiger charge is -2.34. The van der Waals surface area contributed by atoms with Gasteiger partial charge in [-0.1, -0.05) is 12.2 Å². The maximum absolute atomic E-state index is 12.3. The van der Waals surface area contributed by atoms with Crippen molar-refractivity contribution in [1.82, 2.24) is 9.55 Å². The molecular formula is C16H20N2O8S. The predicted molar refractivity (Wildman–Crippen MR) is 92.2 cm³/mol. The van der Waals surface area contributed by atoms with Gasteiger partial charge in [0.1, 0.15) is 17.4 Å². The van der Waals surface area contributed by atoms with E-state index in [0.717, 1.165) is 4.57 Å². The monoisotopic (exact) mass is 400 g/mol. The number of aromatic nitrogens is 2. The van der Waals surface area contributed by atoms with Gasteiger partial charge in [0, 0.05) is 27.0 Å². The summed E-state index contributed by atoms with van der Waals surface area (Å²) in [5.41, 5.74) is -2.18. The van der Waals surface area contributed by atoms with Crippen molar-refractivity contribution in [2.75, 3.05) is 6.61 Å². The van der Waals surface area contributed by atoms with Crippen molar-refractivity contribution >= 4 is 30.1 Å². The molecular weight excluding hydrogens is 380 g/mol. The molecule has 0 bridgehead atoms. The van der Waals surface area contributed by atoms with Crippen LogP contribution in [0.3, 0.4) is 0 Å². The summed E-state index contributed by atoms with van der Waals surface area (Å²) >= 11 is 4.91. The van der Waals surface area contributed by atoms with Crippen LogP contribution in [0.25, 0.3) is 0 Å². The van der Waals surface area contributed by atoms with Crippen LogP contribution in [0, 0.1) is 4.64 Å². The van der Waals surface area contributed by atoms with E-state index in [-0.39, 0.29) is 11.2 Å². The van der Waals surface area contributed by atoms with E-state index in [4.69, 9.17) is 31.2 Å². The summed E-state index contributed by atoms with van der Waals surface area (Å²) in [5, 5.41) is 0. The summed E-state index contributed by atoms with van der Waals surface area (Å²) in [6, 6.07) is 1.45. The number of esters is 3. The van der Waals surface area contributed by atoms with Crippen LogP contribution in [0.4, 0.5) is 0 Å². The predicted octanol–water partition coefficient (Wildman–Crippen LogP) is 0.620. The SMILES string of the molecule is CC(=O)OC[C@H]1O[C@@H](n2ccc(=S)[nH]c2=O)C(C)(OC(C)=O)[C@H]1OC(C)=O. The molecule has 0 radical (unpaired) electrons. The number of aromatic amines is 1. The first-order valence-corrected chi connectivity index (χ1v) is 8.42. The standard InChI is InChI=1S/C16H20N2O8S/c1-8(19)23-7-11-13(24-9(2)20)16(4,26-10(3)21)14(25-11)18-6-5-12(27)17-15(18)22/h5-6,11,13-14H,7H2,1-4H3,(H,17,22,27)/t11-,13+,14-,16?/m1/s1. The van der Waals surface area contributed by atoms with Gasteiger partial charge < -0.3 is 18.9 Å². The summed E-state index contributed by atoms with van der Waals surface area (Å²) < 4.78 is 22.9. The molecule has 1 unspecified atom stereocenters. The third-order valence-corrected chi connectivity index (χ3v) is 4.15. The van der Waals surface area contributed by atoms with Crippen molar-refractivity contribution in [3.8, 4) is 0 Å². The topological polar surface area (TPSA) is 126 Å². The Morgan fingerprint density at radius 3 is 2.44 bits per heavy atom. The summed E-state index contributed by atoms with van der Waals surface area (Å²) in [4.78, 5) is 49.2. The van der Waals surface area contributed by atoms with E-state index in [1.807, 2.05) is 0 Å². The molecule has 11 heteroatoms. The molecule has 0 saturated carbocycles. The van der Waals surface area contributed by atoms with Crippen molar-refractivity contribution in [1.29, 1.82) is 0 Å². The number of hydrogen-bond acceptors (Lipinski definition) is 9. The van der Waals surface area contributed by atoms with Gasteiger partial charge in [0.15, 0.2) is 17.9 Å². The zero-order valence-corrected chi connectivity index (χ0v) is 16.0. The molecule has 0 spiro atoms. The van der Waals surface area contributed by atoms with Crippen molar-refractivity contribution in [3.05, 3.63) is 27.4 Å². The number of hydrogen-bond donors (Lipinski definition) is 1. The van der Waals surface area contributed by atoms with Crippen molar-refractivity contribution in [2.45, 2.75) is 51.7 Å². The number of rotatable bonds is 5. The highest BCUT2D eigenvalue weighted by Crippen LogP contribution is 2.42. The molecule has 1 aliphatic rings. The first-order valence-electron chi connectivity index (χ1n) is 8.01. The molecule has 10 nitrogen and oxygen atoms in total. The maximum atomic E-state index is 12.3. The fraction of sp³-hybridized carbons (Fsp3) is 0.562. The molecule has 1 aromatic heterocycles. The molecule has 1 N–H and O–H groups in total. The molecule has 1 saturated heterocycles. The van der Waals surface area contributed by atoms with E-state index in [1.54, 1.807) is 0 Å². The molecule has 0 amide bonds. The Kier molecular flexibility index (Phi) is 6.16. The van der Waals surface area contributed by atoms with Gasteiger partial charge in [-0.15, -0.1) is 0 Å². The normalized spacial score (nSPS) is 27.0. The van der Waals surface area contributed by atoms with Crippen molar-refractivity contribution in [2.24, 2.45) is 0 Å². The van der Waals surface area contributed by atoms with Crippen molar-refractivity contribution in [3.63, 3.8) is 0 Å². The van der Waals surface area contributed by atoms with Gasteiger partial charge in [-0.3, -0.25) is 23.9 Å².